The Morgan fingerprint density at radius 2 is 1.83 bits per heavy atom. The summed E-state index contributed by atoms with van der Waals surface area (Å²) in [5.41, 5.74) is 4.74. The molecular weight excluding hydrogens is 362 g/mol. The molecule has 1 N–H and O–H groups in total. The van der Waals surface area contributed by atoms with Crippen LogP contribution in [0.5, 0.6) is 5.75 Å². The van der Waals surface area contributed by atoms with Gasteiger partial charge in [-0.15, -0.1) is 0 Å². The SMILES string of the molecule is COc1ccc(Cc2nc(-c3ccccc3)c3n2CCN(C(C)CCO)C3)cc1. The highest BCUT2D eigenvalue weighted by atomic mass is 16.5. The number of aliphatic hydroxyl groups is 1. The van der Waals surface area contributed by atoms with Crippen molar-refractivity contribution in [3.8, 4) is 17.0 Å². The summed E-state index contributed by atoms with van der Waals surface area (Å²) in [4.78, 5) is 7.55. The Hall–Kier alpha value is -2.63. The van der Waals surface area contributed by atoms with Crippen LogP contribution in [-0.2, 0) is 19.5 Å². The number of fused-ring (bicyclic) bond motifs is 1. The fourth-order valence-corrected chi connectivity index (χ4v) is 4.10. The van der Waals surface area contributed by atoms with Crippen molar-refractivity contribution in [2.75, 3.05) is 20.3 Å². The number of methoxy groups -OCH3 is 1. The molecule has 1 aliphatic heterocycles. The van der Waals surface area contributed by atoms with Crippen LogP contribution in [0.3, 0.4) is 0 Å². The van der Waals surface area contributed by atoms with E-state index in [1.165, 1.54) is 11.3 Å². The van der Waals surface area contributed by atoms with Crippen molar-refractivity contribution >= 4 is 0 Å². The van der Waals surface area contributed by atoms with Gasteiger partial charge in [0.1, 0.15) is 11.6 Å². The second-order valence-corrected chi connectivity index (χ2v) is 7.70. The van der Waals surface area contributed by atoms with E-state index in [4.69, 9.17) is 9.72 Å². The number of hydrogen-bond acceptors (Lipinski definition) is 4. The van der Waals surface area contributed by atoms with Crippen molar-refractivity contribution in [1.29, 1.82) is 0 Å². The monoisotopic (exact) mass is 391 g/mol. The summed E-state index contributed by atoms with van der Waals surface area (Å²) in [5.74, 6) is 1.98. The van der Waals surface area contributed by atoms with Crippen molar-refractivity contribution in [1.82, 2.24) is 14.5 Å². The van der Waals surface area contributed by atoms with E-state index in [2.05, 4.69) is 52.8 Å². The Balaban J connectivity index is 1.68. The maximum Gasteiger partial charge on any atom is 0.118 e. The molecular formula is C24H29N3O2. The molecule has 2 heterocycles. The molecule has 0 fully saturated rings. The van der Waals surface area contributed by atoms with Gasteiger partial charge < -0.3 is 14.4 Å². The number of benzene rings is 2. The van der Waals surface area contributed by atoms with Crippen LogP contribution in [0.4, 0.5) is 0 Å². The van der Waals surface area contributed by atoms with Crippen LogP contribution in [0.1, 0.15) is 30.4 Å². The first kappa shape index (κ1) is 19.7. The molecule has 2 aromatic carbocycles. The quantitative estimate of drug-likeness (QED) is 0.667. The highest BCUT2D eigenvalue weighted by Crippen LogP contribution is 2.30. The predicted octanol–water partition coefficient (Wildman–Crippen LogP) is 3.74. The van der Waals surface area contributed by atoms with E-state index in [9.17, 15) is 5.11 Å². The summed E-state index contributed by atoms with van der Waals surface area (Å²) in [6.07, 6.45) is 1.60. The van der Waals surface area contributed by atoms with Crippen molar-refractivity contribution in [2.45, 2.75) is 38.9 Å². The van der Waals surface area contributed by atoms with Gasteiger partial charge in [0.25, 0.3) is 0 Å². The molecule has 5 nitrogen and oxygen atoms in total. The molecule has 29 heavy (non-hydrogen) atoms. The minimum Gasteiger partial charge on any atom is -0.497 e. The lowest BCUT2D eigenvalue weighted by Gasteiger charge is -2.34. The molecule has 0 radical (unpaired) electrons. The Morgan fingerprint density at radius 3 is 2.52 bits per heavy atom. The second kappa shape index (κ2) is 8.80. The van der Waals surface area contributed by atoms with Gasteiger partial charge >= 0.3 is 0 Å². The number of imidazole rings is 1. The number of hydrogen-bond donors (Lipinski definition) is 1. The molecule has 4 rings (SSSR count). The van der Waals surface area contributed by atoms with E-state index >= 15 is 0 Å². The maximum absolute atomic E-state index is 9.35. The molecule has 5 heteroatoms. The Labute approximate surface area is 172 Å². The lowest BCUT2D eigenvalue weighted by Crippen LogP contribution is -2.40. The zero-order valence-corrected chi connectivity index (χ0v) is 17.2. The van der Waals surface area contributed by atoms with E-state index in [0.717, 1.165) is 55.3 Å². The first-order valence-corrected chi connectivity index (χ1v) is 10.3. The third-order valence-corrected chi connectivity index (χ3v) is 5.85. The number of rotatable bonds is 7. The first-order chi connectivity index (χ1) is 14.2. The summed E-state index contributed by atoms with van der Waals surface area (Å²) in [6.45, 7) is 5.19. The van der Waals surface area contributed by atoms with Crippen LogP contribution in [0.2, 0.25) is 0 Å². The lowest BCUT2D eigenvalue weighted by atomic mass is 10.1. The Morgan fingerprint density at radius 1 is 1.07 bits per heavy atom. The van der Waals surface area contributed by atoms with Crippen LogP contribution in [0, 0.1) is 0 Å². The van der Waals surface area contributed by atoms with E-state index in [-0.39, 0.29) is 6.61 Å². The minimum atomic E-state index is 0.227. The van der Waals surface area contributed by atoms with Gasteiger partial charge in [0.15, 0.2) is 0 Å². The molecule has 0 aliphatic carbocycles. The summed E-state index contributed by atoms with van der Waals surface area (Å²) >= 11 is 0. The summed E-state index contributed by atoms with van der Waals surface area (Å²) < 4.78 is 7.68. The molecule has 1 aromatic heterocycles. The molecule has 0 saturated heterocycles. The van der Waals surface area contributed by atoms with E-state index in [1.54, 1.807) is 7.11 Å². The summed E-state index contributed by atoms with van der Waals surface area (Å²) in [5, 5.41) is 9.35. The number of nitrogens with zero attached hydrogens (tertiary/aromatic N) is 3. The third kappa shape index (κ3) is 4.21. The van der Waals surface area contributed by atoms with E-state index in [0.29, 0.717) is 6.04 Å². The lowest BCUT2D eigenvalue weighted by molar-refractivity contribution is 0.137. The molecule has 1 aliphatic rings. The van der Waals surface area contributed by atoms with Gasteiger partial charge in [-0.2, -0.15) is 0 Å². The number of aliphatic hydroxyl groups excluding tert-OH is 1. The molecule has 3 aromatic rings. The molecule has 0 amide bonds. The van der Waals surface area contributed by atoms with Crippen LogP contribution in [-0.4, -0.2) is 45.9 Å². The average Bonchev–Trinajstić information content (AvgIpc) is 3.13. The molecule has 152 valence electrons. The van der Waals surface area contributed by atoms with Crippen LogP contribution in [0.15, 0.2) is 54.6 Å². The molecule has 1 atom stereocenters. The van der Waals surface area contributed by atoms with Crippen LogP contribution < -0.4 is 4.74 Å². The van der Waals surface area contributed by atoms with Gasteiger partial charge in [-0.3, -0.25) is 4.90 Å². The first-order valence-electron chi connectivity index (χ1n) is 10.3. The van der Waals surface area contributed by atoms with Crippen molar-refractivity contribution in [3.05, 3.63) is 71.7 Å². The molecule has 1 unspecified atom stereocenters. The topological polar surface area (TPSA) is 50.5 Å². The highest BCUT2D eigenvalue weighted by Gasteiger charge is 2.27. The number of ether oxygens (including phenoxy) is 1. The minimum absolute atomic E-state index is 0.227. The summed E-state index contributed by atoms with van der Waals surface area (Å²) in [6, 6.07) is 19.0. The fourth-order valence-electron chi connectivity index (χ4n) is 4.10. The summed E-state index contributed by atoms with van der Waals surface area (Å²) in [7, 11) is 1.69. The number of aromatic nitrogens is 2. The molecule has 0 spiro atoms. The normalized spacial score (nSPS) is 15.1. The van der Waals surface area contributed by atoms with Crippen molar-refractivity contribution in [2.24, 2.45) is 0 Å². The zero-order chi connectivity index (χ0) is 20.2. The highest BCUT2D eigenvalue weighted by molar-refractivity contribution is 5.62. The largest absolute Gasteiger partial charge is 0.497 e. The van der Waals surface area contributed by atoms with Gasteiger partial charge in [0.2, 0.25) is 0 Å². The van der Waals surface area contributed by atoms with E-state index in [1.807, 2.05) is 18.2 Å². The third-order valence-electron chi connectivity index (χ3n) is 5.85. The van der Waals surface area contributed by atoms with Gasteiger partial charge in [0, 0.05) is 44.3 Å². The standard InChI is InChI=1S/C24H29N3O2/c1-18(12-15-28)26-13-14-27-22(17-26)24(20-6-4-3-5-7-20)25-23(27)16-19-8-10-21(29-2)11-9-19/h3-11,18,28H,12-17H2,1-2H3. The maximum atomic E-state index is 9.35. The van der Waals surface area contributed by atoms with Gasteiger partial charge in [0.05, 0.1) is 18.5 Å². The van der Waals surface area contributed by atoms with Crippen LogP contribution >= 0.6 is 0 Å². The van der Waals surface area contributed by atoms with Gasteiger partial charge in [-0.1, -0.05) is 42.5 Å². The van der Waals surface area contributed by atoms with Crippen molar-refractivity contribution in [3.63, 3.8) is 0 Å². The molecule has 0 bridgehead atoms. The predicted molar refractivity (Wildman–Crippen MR) is 115 cm³/mol. The van der Waals surface area contributed by atoms with Gasteiger partial charge in [-0.25, -0.2) is 4.98 Å². The fraction of sp³-hybridized carbons (Fsp3) is 0.375. The van der Waals surface area contributed by atoms with Crippen molar-refractivity contribution < 1.29 is 9.84 Å². The van der Waals surface area contributed by atoms with Gasteiger partial charge in [-0.05, 0) is 31.0 Å². The smallest absolute Gasteiger partial charge is 0.118 e. The Kier molecular flexibility index (Phi) is 5.97. The second-order valence-electron chi connectivity index (χ2n) is 7.70. The van der Waals surface area contributed by atoms with E-state index < -0.39 is 0 Å². The molecule has 0 saturated carbocycles. The van der Waals surface area contributed by atoms with Crippen LogP contribution in [0.25, 0.3) is 11.3 Å². The zero-order valence-electron chi connectivity index (χ0n) is 17.2. The Bertz CT molecular complexity index is 935. The average molecular weight is 392 g/mol.